The minimum atomic E-state index is -3.16. The number of aromatic nitrogens is 2. The highest BCUT2D eigenvalue weighted by Gasteiger charge is 2.29. The van der Waals surface area contributed by atoms with Gasteiger partial charge in [-0.1, -0.05) is 0 Å². The molecule has 3 N–H and O–H groups in total. The van der Waals surface area contributed by atoms with Crippen LogP contribution in [0.4, 0.5) is 11.6 Å². The van der Waals surface area contributed by atoms with Crippen molar-refractivity contribution >= 4 is 21.5 Å². The number of rotatable bonds is 6. The van der Waals surface area contributed by atoms with E-state index in [0.29, 0.717) is 17.5 Å². The first kappa shape index (κ1) is 15.6. The van der Waals surface area contributed by atoms with Crippen LogP contribution < -0.4 is 11.1 Å². The second-order valence-corrected chi connectivity index (χ2v) is 7.56. The van der Waals surface area contributed by atoms with Crippen LogP contribution in [0.1, 0.15) is 19.7 Å². The molecule has 0 aliphatic carbocycles. The van der Waals surface area contributed by atoms with Gasteiger partial charge in [-0.05, 0) is 13.8 Å². The molecule has 1 aromatic heterocycles. The Morgan fingerprint density at radius 1 is 1.42 bits per heavy atom. The van der Waals surface area contributed by atoms with E-state index in [4.69, 9.17) is 10.5 Å². The SMILES string of the molecule is COCc1nc(N)cc(NCC(C)(C)S(C)(=O)=O)n1. The van der Waals surface area contributed by atoms with Crippen LogP contribution >= 0.6 is 0 Å². The lowest BCUT2D eigenvalue weighted by Crippen LogP contribution is -2.38. The van der Waals surface area contributed by atoms with E-state index in [1.54, 1.807) is 19.9 Å². The van der Waals surface area contributed by atoms with Gasteiger partial charge in [0.05, 0.1) is 4.75 Å². The number of nitrogens with two attached hydrogens (primary N) is 1. The molecule has 0 aromatic carbocycles. The predicted molar refractivity (Wildman–Crippen MR) is 74.6 cm³/mol. The molecule has 0 bridgehead atoms. The summed E-state index contributed by atoms with van der Waals surface area (Å²) in [5, 5.41) is 2.97. The number of nitrogens with one attached hydrogen (secondary N) is 1. The molecule has 108 valence electrons. The highest BCUT2D eigenvalue weighted by atomic mass is 32.2. The Kier molecular flexibility index (Phi) is 4.70. The number of nitrogen functional groups attached to an aromatic ring is 1. The number of methoxy groups -OCH3 is 1. The summed E-state index contributed by atoms with van der Waals surface area (Å²) in [6.45, 7) is 3.77. The normalized spacial score (nSPS) is 12.4. The van der Waals surface area contributed by atoms with E-state index in [1.807, 2.05) is 0 Å². The summed E-state index contributed by atoms with van der Waals surface area (Å²) >= 11 is 0. The molecule has 0 spiro atoms. The molecule has 7 nitrogen and oxygen atoms in total. The standard InChI is InChI=1S/C11H20N4O3S/c1-11(2,19(4,16)17)7-13-9-5-8(12)14-10(15-9)6-18-3/h5H,6-7H2,1-4H3,(H3,12,13,14,15). The molecule has 0 saturated carbocycles. The zero-order valence-electron chi connectivity index (χ0n) is 11.6. The Hall–Kier alpha value is -1.41. The van der Waals surface area contributed by atoms with Gasteiger partial charge in [-0.2, -0.15) is 0 Å². The number of sulfone groups is 1. The summed E-state index contributed by atoms with van der Waals surface area (Å²) in [5.41, 5.74) is 5.65. The molecule has 1 rings (SSSR count). The fraction of sp³-hybridized carbons (Fsp3) is 0.636. The van der Waals surface area contributed by atoms with Crippen LogP contribution in [0.3, 0.4) is 0 Å². The van der Waals surface area contributed by atoms with Gasteiger partial charge >= 0.3 is 0 Å². The van der Waals surface area contributed by atoms with E-state index in [0.717, 1.165) is 0 Å². The van der Waals surface area contributed by atoms with E-state index in [2.05, 4.69) is 15.3 Å². The Balaban J connectivity index is 2.83. The number of ether oxygens (including phenoxy) is 1. The van der Waals surface area contributed by atoms with Crippen molar-refractivity contribution in [3.63, 3.8) is 0 Å². The third-order valence-electron chi connectivity index (χ3n) is 2.76. The first-order valence-corrected chi connectivity index (χ1v) is 7.61. The molecule has 19 heavy (non-hydrogen) atoms. The van der Waals surface area contributed by atoms with Gasteiger partial charge in [-0.15, -0.1) is 0 Å². The maximum atomic E-state index is 11.6. The predicted octanol–water partition coefficient (Wildman–Crippen LogP) is 0.440. The maximum absolute atomic E-state index is 11.6. The first-order valence-electron chi connectivity index (χ1n) is 5.71. The van der Waals surface area contributed by atoms with Gasteiger partial charge in [0.15, 0.2) is 15.7 Å². The maximum Gasteiger partial charge on any atom is 0.158 e. The molecular formula is C11H20N4O3S. The van der Waals surface area contributed by atoms with Gasteiger partial charge in [0.25, 0.3) is 0 Å². The van der Waals surface area contributed by atoms with Crippen molar-refractivity contribution in [3.8, 4) is 0 Å². The molecular weight excluding hydrogens is 268 g/mol. The summed E-state index contributed by atoms with van der Waals surface area (Å²) in [4.78, 5) is 8.19. The second kappa shape index (κ2) is 5.70. The number of hydrogen-bond acceptors (Lipinski definition) is 7. The Morgan fingerprint density at radius 2 is 2.05 bits per heavy atom. The van der Waals surface area contributed by atoms with E-state index >= 15 is 0 Å². The zero-order valence-corrected chi connectivity index (χ0v) is 12.4. The van der Waals surface area contributed by atoms with E-state index in [-0.39, 0.29) is 13.2 Å². The zero-order chi connectivity index (χ0) is 14.7. The van der Waals surface area contributed by atoms with E-state index in [1.165, 1.54) is 13.4 Å². The van der Waals surface area contributed by atoms with Gasteiger partial charge in [0.2, 0.25) is 0 Å². The van der Waals surface area contributed by atoms with Crippen molar-refractivity contribution in [1.29, 1.82) is 0 Å². The van der Waals surface area contributed by atoms with Crippen molar-refractivity contribution in [2.24, 2.45) is 0 Å². The van der Waals surface area contributed by atoms with Crippen LogP contribution in [0.15, 0.2) is 6.07 Å². The van der Waals surface area contributed by atoms with Crippen LogP contribution in [0.25, 0.3) is 0 Å². The molecule has 1 heterocycles. The lowest BCUT2D eigenvalue weighted by Gasteiger charge is -2.23. The topological polar surface area (TPSA) is 107 Å². The minimum absolute atomic E-state index is 0.231. The van der Waals surface area contributed by atoms with Gasteiger partial charge in [-0.25, -0.2) is 18.4 Å². The van der Waals surface area contributed by atoms with Crippen molar-refractivity contribution < 1.29 is 13.2 Å². The lowest BCUT2D eigenvalue weighted by atomic mass is 10.2. The highest BCUT2D eigenvalue weighted by molar-refractivity contribution is 7.92. The fourth-order valence-corrected chi connectivity index (χ4v) is 1.57. The van der Waals surface area contributed by atoms with Gasteiger partial charge in [-0.3, -0.25) is 0 Å². The Labute approximate surface area is 113 Å². The summed E-state index contributed by atoms with van der Waals surface area (Å²) in [6, 6.07) is 1.55. The Bertz CT molecular complexity index is 543. The minimum Gasteiger partial charge on any atom is -0.384 e. The molecule has 0 radical (unpaired) electrons. The summed E-state index contributed by atoms with van der Waals surface area (Å²) in [7, 11) is -1.63. The van der Waals surface area contributed by atoms with Gasteiger partial charge in [0, 0.05) is 26.0 Å². The van der Waals surface area contributed by atoms with E-state index in [9.17, 15) is 8.42 Å². The number of hydrogen-bond donors (Lipinski definition) is 2. The van der Waals surface area contributed by atoms with Crippen LogP contribution in [0.5, 0.6) is 0 Å². The highest BCUT2D eigenvalue weighted by Crippen LogP contribution is 2.17. The van der Waals surface area contributed by atoms with Gasteiger partial charge in [0.1, 0.15) is 18.2 Å². The van der Waals surface area contributed by atoms with Crippen LogP contribution in [0.2, 0.25) is 0 Å². The quantitative estimate of drug-likeness (QED) is 0.782. The molecule has 0 fully saturated rings. The van der Waals surface area contributed by atoms with Gasteiger partial charge < -0.3 is 15.8 Å². The number of nitrogens with zero attached hydrogens (tertiary/aromatic N) is 2. The average Bonchev–Trinajstić information content (AvgIpc) is 2.25. The third kappa shape index (κ3) is 4.32. The van der Waals surface area contributed by atoms with E-state index < -0.39 is 14.6 Å². The Morgan fingerprint density at radius 3 is 2.58 bits per heavy atom. The smallest absolute Gasteiger partial charge is 0.158 e. The molecule has 0 unspecified atom stereocenters. The summed E-state index contributed by atoms with van der Waals surface area (Å²) in [5.74, 6) is 1.24. The molecule has 0 atom stereocenters. The van der Waals surface area contributed by atoms with Crippen molar-refractivity contribution in [3.05, 3.63) is 11.9 Å². The lowest BCUT2D eigenvalue weighted by molar-refractivity contribution is 0.178. The molecule has 0 saturated heterocycles. The molecule has 0 aliphatic heterocycles. The molecule has 0 amide bonds. The summed E-state index contributed by atoms with van der Waals surface area (Å²) in [6.07, 6.45) is 1.21. The van der Waals surface area contributed by atoms with Crippen LogP contribution in [-0.4, -0.2) is 43.0 Å². The largest absolute Gasteiger partial charge is 0.384 e. The monoisotopic (exact) mass is 288 g/mol. The molecule has 1 aromatic rings. The average molecular weight is 288 g/mol. The third-order valence-corrected chi connectivity index (χ3v) is 4.92. The van der Waals surface area contributed by atoms with Crippen molar-refractivity contribution in [1.82, 2.24) is 9.97 Å². The van der Waals surface area contributed by atoms with Crippen LogP contribution in [-0.2, 0) is 21.2 Å². The first-order chi connectivity index (χ1) is 8.65. The second-order valence-electron chi connectivity index (χ2n) is 4.91. The number of anilines is 2. The van der Waals surface area contributed by atoms with Crippen molar-refractivity contribution in [2.45, 2.75) is 25.2 Å². The summed E-state index contributed by atoms with van der Waals surface area (Å²) < 4.78 is 27.2. The van der Waals surface area contributed by atoms with Crippen LogP contribution in [0, 0.1) is 0 Å². The van der Waals surface area contributed by atoms with Crippen molar-refractivity contribution in [2.75, 3.05) is 31.0 Å². The fourth-order valence-electron chi connectivity index (χ4n) is 1.24. The molecule has 8 heteroatoms. The molecule has 0 aliphatic rings.